The zero-order valence-electron chi connectivity index (χ0n) is 10.1. The highest BCUT2D eigenvalue weighted by atomic mass is 19.1. The van der Waals surface area contributed by atoms with Crippen LogP contribution in [0.5, 0.6) is 0 Å². The number of halogens is 1. The normalized spacial score (nSPS) is 15.0. The van der Waals surface area contributed by atoms with E-state index in [0.29, 0.717) is 29.9 Å². The van der Waals surface area contributed by atoms with Crippen molar-refractivity contribution in [2.45, 2.75) is 32.4 Å². The number of nitrogens with one attached hydrogen (secondary N) is 1. The highest BCUT2D eigenvalue weighted by Gasteiger charge is 2.21. The zero-order chi connectivity index (χ0) is 12.5. The van der Waals surface area contributed by atoms with Crippen molar-refractivity contribution in [3.05, 3.63) is 35.4 Å². The van der Waals surface area contributed by atoms with Crippen LogP contribution in [-0.2, 0) is 6.54 Å². The molecule has 0 radical (unpaired) electrons. The van der Waals surface area contributed by atoms with Gasteiger partial charge in [-0.2, -0.15) is 4.98 Å². The monoisotopic (exact) mass is 247 g/mol. The van der Waals surface area contributed by atoms with Crippen molar-refractivity contribution in [3.8, 4) is 11.5 Å². The standard InChI is InChI=1S/C13H14FN3O/c1-8-6-9(2-5-11(8)14)13-16-12(17-18-13)7-15-10-3-4-10/h2,5-6,10,15H,3-4,7H2,1H3. The third kappa shape index (κ3) is 2.41. The Morgan fingerprint density at radius 2 is 2.28 bits per heavy atom. The molecule has 0 saturated heterocycles. The Labute approximate surface area is 104 Å². The van der Waals surface area contributed by atoms with Crippen LogP contribution in [0.4, 0.5) is 4.39 Å². The second-order valence-electron chi connectivity index (χ2n) is 4.63. The van der Waals surface area contributed by atoms with Gasteiger partial charge in [0.25, 0.3) is 5.89 Å². The number of aromatic nitrogens is 2. The lowest BCUT2D eigenvalue weighted by atomic mass is 10.1. The molecule has 0 atom stereocenters. The summed E-state index contributed by atoms with van der Waals surface area (Å²) in [5.41, 5.74) is 1.32. The van der Waals surface area contributed by atoms with Crippen molar-refractivity contribution >= 4 is 0 Å². The van der Waals surface area contributed by atoms with Gasteiger partial charge in [0.15, 0.2) is 5.82 Å². The molecule has 0 spiro atoms. The van der Waals surface area contributed by atoms with Crippen molar-refractivity contribution < 1.29 is 8.91 Å². The van der Waals surface area contributed by atoms with Crippen LogP contribution in [0.3, 0.4) is 0 Å². The maximum Gasteiger partial charge on any atom is 0.257 e. The Balaban J connectivity index is 1.76. The molecule has 3 rings (SSSR count). The Hall–Kier alpha value is -1.75. The molecule has 1 aromatic heterocycles. The summed E-state index contributed by atoms with van der Waals surface area (Å²) in [5.74, 6) is 0.846. The van der Waals surface area contributed by atoms with Gasteiger partial charge in [-0.1, -0.05) is 5.16 Å². The number of benzene rings is 1. The Bertz CT molecular complexity index is 563. The topological polar surface area (TPSA) is 51.0 Å². The molecule has 0 bridgehead atoms. The van der Waals surface area contributed by atoms with Crippen LogP contribution in [0, 0.1) is 12.7 Å². The lowest BCUT2D eigenvalue weighted by Gasteiger charge is -1.98. The first-order valence-electron chi connectivity index (χ1n) is 6.05. The predicted octanol–water partition coefficient (Wildman–Crippen LogP) is 2.44. The van der Waals surface area contributed by atoms with Crippen molar-refractivity contribution in [3.63, 3.8) is 0 Å². The molecule has 1 aromatic carbocycles. The lowest BCUT2D eigenvalue weighted by molar-refractivity contribution is 0.419. The largest absolute Gasteiger partial charge is 0.334 e. The fraction of sp³-hybridized carbons (Fsp3) is 0.385. The molecule has 0 unspecified atom stereocenters. The maximum atomic E-state index is 13.2. The second-order valence-corrected chi connectivity index (χ2v) is 4.63. The number of rotatable bonds is 4. The molecule has 1 saturated carbocycles. The van der Waals surface area contributed by atoms with Crippen LogP contribution in [-0.4, -0.2) is 16.2 Å². The van der Waals surface area contributed by atoms with Gasteiger partial charge in [0, 0.05) is 11.6 Å². The zero-order valence-corrected chi connectivity index (χ0v) is 10.1. The van der Waals surface area contributed by atoms with E-state index in [9.17, 15) is 4.39 Å². The molecule has 1 heterocycles. The van der Waals surface area contributed by atoms with Crippen LogP contribution >= 0.6 is 0 Å². The van der Waals surface area contributed by atoms with Crippen molar-refractivity contribution in [2.75, 3.05) is 0 Å². The Morgan fingerprint density at radius 1 is 1.44 bits per heavy atom. The molecule has 0 aliphatic heterocycles. The number of aryl methyl sites for hydroxylation is 1. The summed E-state index contributed by atoms with van der Waals surface area (Å²) >= 11 is 0. The Morgan fingerprint density at radius 3 is 3.00 bits per heavy atom. The van der Waals surface area contributed by atoms with Crippen LogP contribution in [0.2, 0.25) is 0 Å². The van der Waals surface area contributed by atoms with Gasteiger partial charge in [-0.3, -0.25) is 0 Å². The van der Waals surface area contributed by atoms with E-state index >= 15 is 0 Å². The van der Waals surface area contributed by atoms with Crippen molar-refractivity contribution in [1.82, 2.24) is 15.5 Å². The molecule has 94 valence electrons. The minimum absolute atomic E-state index is 0.228. The van der Waals surface area contributed by atoms with E-state index in [1.165, 1.54) is 18.9 Å². The number of nitrogens with zero attached hydrogens (tertiary/aromatic N) is 2. The summed E-state index contributed by atoms with van der Waals surface area (Å²) in [6.45, 7) is 2.33. The SMILES string of the molecule is Cc1cc(-c2nc(CNC3CC3)no2)ccc1F. The number of hydrogen-bond donors (Lipinski definition) is 1. The molecule has 5 heteroatoms. The third-order valence-electron chi connectivity index (χ3n) is 3.00. The van der Waals surface area contributed by atoms with Crippen LogP contribution in [0.1, 0.15) is 24.2 Å². The molecule has 1 N–H and O–H groups in total. The van der Waals surface area contributed by atoms with Crippen LogP contribution < -0.4 is 5.32 Å². The highest BCUT2D eigenvalue weighted by molar-refractivity contribution is 5.54. The van der Waals surface area contributed by atoms with Crippen molar-refractivity contribution in [1.29, 1.82) is 0 Å². The third-order valence-corrected chi connectivity index (χ3v) is 3.00. The van der Waals surface area contributed by atoms with E-state index in [1.807, 2.05) is 0 Å². The summed E-state index contributed by atoms with van der Waals surface area (Å²) in [6.07, 6.45) is 2.45. The summed E-state index contributed by atoms with van der Waals surface area (Å²) in [4.78, 5) is 4.29. The maximum absolute atomic E-state index is 13.2. The molecular weight excluding hydrogens is 233 g/mol. The van der Waals surface area contributed by atoms with Gasteiger partial charge in [0.1, 0.15) is 5.82 Å². The average molecular weight is 247 g/mol. The minimum atomic E-state index is -0.228. The molecule has 1 aliphatic carbocycles. The molecule has 1 aliphatic rings. The van der Waals surface area contributed by atoms with Gasteiger partial charge in [-0.15, -0.1) is 0 Å². The summed E-state index contributed by atoms with van der Waals surface area (Å²) in [5, 5.41) is 7.22. The van der Waals surface area contributed by atoms with E-state index in [1.54, 1.807) is 19.1 Å². The van der Waals surface area contributed by atoms with Gasteiger partial charge < -0.3 is 9.84 Å². The summed E-state index contributed by atoms with van der Waals surface area (Å²) in [7, 11) is 0. The predicted molar refractivity (Wildman–Crippen MR) is 64.3 cm³/mol. The van der Waals surface area contributed by atoms with Gasteiger partial charge in [-0.25, -0.2) is 4.39 Å². The highest BCUT2D eigenvalue weighted by Crippen LogP contribution is 2.21. The van der Waals surface area contributed by atoms with Gasteiger partial charge in [0.2, 0.25) is 0 Å². The molecule has 18 heavy (non-hydrogen) atoms. The number of hydrogen-bond acceptors (Lipinski definition) is 4. The van der Waals surface area contributed by atoms with E-state index in [0.717, 1.165) is 5.56 Å². The molecule has 0 amide bonds. The van der Waals surface area contributed by atoms with Crippen LogP contribution in [0.15, 0.2) is 22.7 Å². The van der Waals surface area contributed by atoms with Crippen LogP contribution in [0.25, 0.3) is 11.5 Å². The van der Waals surface area contributed by atoms with Gasteiger partial charge in [0.05, 0.1) is 6.54 Å². The Kier molecular flexibility index (Phi) is 2.83. The van der Waals surface area contributed by atoms with E-state index < -0.39 is 0 Å². The average Bonchev–Trinajstić information content (AvgIpc) is 3.08. The van der Waals surface area contributed by atoms with E-state index in [-0.39, 0.29) is 5.82 Å². The van der Waals surface area contributed by atoms with E-state index in [4.69, 9.17) is 4.52 Å². The first-order chi connectivity index (χ1) is 8.72. The van der Waals surface area contributed by atoms with Gasteiger partial charge in [-0.05, 0) is 43.5 Å². The summed E-state index contributed by atoms with van der Waals surface area (Å²) in [6, 6.07) is 5.38. The fourth-order valence-corrected chi connectivity index (χ4v) is 1.74. The first kappa shape index (κ1) is 11.3. The molecular formula is C13H14FN3O. The first-order valence-corrected chi connectivity index (χ1v) is 6.05. The molecule has 2 aromatic rings. The fourth-order valence-electron chi connectivity index (χ4n) is 1.74. The summed E-state index contributed by atoms with van der Waals surface area (Å²) < 4.78 is 18.3. The smallest absolute Gasteiger partial charge is 0.257 e. The quantitative estimate of drug-likeness (QED) is 0.901. The molecule has 4 nitrogen and oxygen atoms in total. The lowest BCUT2D eigenvalue weighted by Crippen LogP contribution is -2.16. The van der Waals surface area contributed by atoms with E-state index in [2.05, 4.69) is 15.5 Å². The van der Waals surface area contributed by atoms with Gasteiger partial charge >= 0.3 is 0 Å². The minimum Gasteiger partial charge on any atom is -0.334 e. The molecule has 1 fully saturated rings. The second kappa shape index (κ2) is 4.49. The van der Waals surface area contributed by atoms with Crippen molar-refractivity contribution in [2.24, 2.45) is 0 Å².